The normalized spacial score (nSPS) is 10.8. The number of ketones is 1. The Bertz CT molecular complexity index is 780. The van der Waals surface area contributed by atoms with Gasteiger partial charge in [0.15, 0.2) is 5.78 Å². The van der Waals surface area contributed by atoms with Crippen LogP contribution in [0.25, 0.3) is 5.52 Å². The Hall–Kier alpha value is -2.56. The van der Waals surface area contributed by atoms with Crippen molar-refractivity contribution in [3.8, 4) is 0 Å². The van der Waals surface area contributed by atoms with E-state index in [2.05, 4.69) is 5.10 Å². The fraction of sp³-hybridized carbons (Fsp3) is 0. The molecule has 94 valence electrons. The molecule has 0 amide bonds. The van der Waals surface area contributed by atoms with Crippen LogP contribution in [0.4, 0.5) is 8.78 Å². The fourth-order valence-corrected chi connectivity index (χ4v) is 1.93. The van der Waals surface area contributed by atoms with Gasteiger partial charge < -0.3 is 0 Å². The molecule has 0 saturated carbocycles. The van der Waals surface area contributed by atoms with Crippen molar-refractivity contribution in [1.29, 1.82) is 0 Å². The molecular formula is C14H8F2N2O. The van der Waals surface area contributed by atoms with Crippen LogP contribution in [0.15, 0.2) is 48.8 Å². The van der Waals surface area contributed by atoms with E-state index >= 15 is 0 Å². The molecule has 2 heterocycles. The Morgan fingerprint density at radius 3 is 2.79 bits per heavy atom. The van der Waals surface area contributed by atoms with E-state index in [-0.39, 0.29) is 11.1 Å². The molecule has 2 aromatic heterocycles. The van der Waals surface area contributed by atoms with E-state index in [0.29, 0.717) is 5.52 Å². The van der Waals surface area contributed by atoms with Gasteiger partial charge >= 0.3 is 0 Å². The highest BCUT2D eigenvalue weighted by Gasteiger charge is 2.18. The summed E-state index contributed by atoms with van der Waals surface area (Å²) < 4.78 is 28.2. The first-order valence-electron chi connectivity index (χ1n) is 5.59. The maximum atomic E-state index is 13.6. The van der Waals surface area contributed by atoms with Crippen LogP contribution in [0.5, 0.6) is 0 Å². The average Bonchev–Trinajstić information content (AvgIpc) is 2.84. The Morgan fingerprint density at radius 2 is 1.95 bits per heavy atom. The Labute approximate surface area is 107 Å². The number of aromatic nitrogens is 2. The summed E-state index contributed by atoms with van der Waals surface area (Å²) in [4.78, 5) is 12.2. The van der Waals surface area contributed by atoms with Gasteiger partial charge in [-0.2, -0.15) is 5.10 Å². The zero-order valence-corrected chi connectivity index (χ0v) is 9.68. The van der Waals surface area contributed by atoms with Crippen LogP contribution < -0.4 is 0 Å². The van der Waals surface area contributed by atoms with Gasteiger partial charge in [0.1, 0.15) is 11.6 Å². The van der Waals surface area contributed by atoms with Crippen molar-refractivity contribution in [1.82, 2.24) is 9.61 Å². The zero-order valence-electron chi connectivity index (χ0n) is 9.68. The molecule has 0 bridgehead atoms. The Morgan fingerprint density at radius 1 is 1.11 bits per heavy atom. The van der Waals surface area contributed by atoms with Crippen molar-refractivity contribution in [2.45, 2.75) is 0 Å². The lowest BCUT2D eigenvalue weighted by Crippen LogP contribution is -2.04. The highest BCUT2D eigenvalue weighted by molar-refractivity contribution is 6.13. The first-order chi connectivity index (χ1) is 9.16. The molecule has 0 spiro atoms. The summed E-state index contributed by atoms with van der Waals surface area (Å²) in [5.74, 6) is -1.99. The number of halogens is 2. The molecule has 3 nitrogen and oxygen atoms in total. The summed E-state index contributed by atoms with van der Waals surface area (Å²) in [6.45, 7) is 0. The standard InChI is InChI=1S/C14H8F2N2O/c15-9-4-5-12(16)10(7-9)14(19)11-8-17-18-6-2-1-3-13(11)18/h1-8H. The second-order valence-electron chi connectivity index (χ2n) is 4.04. The van der Waals surface area contributed by atoms with Gasteiger partial charge in [-0.3, -0.25) is 4.79 Å². The van der Waals surface area contributed by atoms with Crippen molar-refractivity contribution in [2.24, 2.45) is 0 Å². The van der Waals surface area contributed by atoms with Gasteiger partial charge in [0.25, 0.3) is 0 Å². The van der Waals surface area contributed by atoms with Crippen LogP contribution >= 0.6 is 0 Å². The minimum atomic E-state index is -0.748. The van der Waals surface area contributed by atoms with Crippen molar-refractivity contribution >= 4 is 11.3 Å². The fourth-order valence-electron chi connectivity index (χ4n) is 1.93. The Kier molecular flexibility index (Phi) is 2.59. The number of carbonyl (C=O) groups excluding carboxylic acids is 1. The van der Waals surface area contributed by atoms with Crippen LogP contribution in [-0.2, 0) is 0 Å². The third-order valence-electron chi connectivity index (χ3n) is 2.84. The van der Waals surface area contributed by atoms with Crippen LogP contribution in [-0.4, -0.2) is 15.4 Å². The van der Waals surface area contributed by atoms with E-state index in [1.165, 1.54) is 10.7 Å². The molecule has 3 aromatic rings. The first kappa shape index (κ1) is 11.5. The third kappa shape index (κ3) is 1.89. The molecule has 0 N–H and O–H groups in total. The van der Waals surface area contributed by atoms with Gasteiger partial charge in [0, 0.05) is 6.20 Å². The number of hydrogen-bond donors (Lipinski definition) is 0. The summed E-state index contributed by atoms with van der Waals surface area (Å²) in [6, 6.07) is 8.00. The molecule has 0 saturated heterocycles. The van der Waals surface area contributed by atoms with Crippen LogP contribution in [0.3, 0.4) is 0 Å². The minimum absolute atomic E-state index is 0.241. The molecule has 1 aromatic carbocycles. The molecule has 0 fully saturated rings. The summed E-state index contributed by atoms with van der Waals surface area (Å²) in [7, 11) is 0. The summed E-state index contributed by atoms with van der Waals surface area (Å²) in [5, 5.41) is 4.00. The SMILES string of the molecule is O=C(c1cc(F)ccc1F)c1cnn2ccccc12. The van der Waals surface area contributed by atoms with E-state index < -0.39 is 17.4 Å². The number of benzene rings is 1. The van der Waals surface area contributed by atoms with Crippen molar-refractivity contribution in [2.75, 3.05) is 0 Å². The number of hydrogen-bond acceptors (Lipinski definition) is 2. The van der Waals surface area contributed by atoms with Crippen molar-refractivity contribution in [3.05, 3.63) is 71.6 Å². The molecule has 3 rings (SSSR count). The second-order valence-corrected chi connectivity index (χ2v) is 4.04. The monoisotopic (exact) mass is 258 g/mol. The maximum Gasteiger partial charge on any atom is 0.199 e. The number of fused-ring (bicyclic) bond motifs is 1. The lowest BCUT2D eigenvalue weighted by molar-refractivity contribution is 0.103. The topological polar surface area (TPSA) is 34.4 Å². The number of pyridine rings is 1. The zero-order chi connectivity index (χ0) is 13.4. The molecule has 0 radical (unpaired) electrons. The van der Waals surface area contributed by atoms with Crippen LogP contribution in [0.1, 0.15) is 15.9 Å². The van der Waals surface area contributed by atoms with Gasteiger partial charge in [-0.25, -0.2) is 13.3 Å². The molecule has 0 aliphatic rings. The van der Waals surface area contributed by atoms with Gasteiger partial charge in [-0.15, -0.1) is 0 Å². The van der Waals surface area contributed by atoms with E-state index in [1.54, 1.807) is 24.4 Å². The molecule has 0 atom stereocenters. The average molecular weight is 258 g/mol. The summed E-state index contributed by atoms with van der Waals surface area (Å²) in [6.07, 6.45) is 3.02. The van der Waals surface area contributed by atoms with E-state index in [9.17, 15) is 13.6 Å². The maximum absolute atomic E-state index is 13.6. The molecule has 19 heavy (non-hydrogen) atoms. The molecule has 0 unspecified atom stereocenters. The molecular weight excluding hydrogens is 250 g/mol. The number of rotatable bonds is 2. The largest absolute Gasteiger partial charge is 0.288 e. The first-order valence-corrected chi connectivity index (χ1v) is 5.59. The molecule has 0 aliphatic carbocycles. The van der Waals surface area contributed by atoms with E-state index in [1.807, 2.05) is 0 Å². The van der Waals surface area contributed by atoms with E-state index in [0.717, 1.165) is 18.2 Å². The van der Waals surface area contributed by atoms with Gasteiger partial charge in [0.2, 0.25) is 0 Å². The summed E-state index contributed by atoms with van der Waals surface area (Å²) >= 11 is 0. The van der Waals surface area contributed by atoms with Crippen LogP contribution in [0.2, 0.25) is 0 Å². The second kappa shape index (κ2) is 4.28. The third-order valence-corrected chi connectivity index (χ3v) is 2.84. The van der Waals surface area contributed by atoms with Crippen molar-refractivity contribution in [3.63, 3.8) is 0 Å². The van der Waals surface area contributed by atoms with Crippen molar-refractivity contribution < 1.29 is 13.6 Å². The smallest absolute Gasteiger partial charge is 0.199 e. The lowest BCUT2D eigenvalue weighted by Gasteiger charge is -2.01. The number of carbonyl (C=O) groups is 1. The highest BCUT2D eigenvalue weighted by atomic mass is 19.1. The Balaban J connectivity index is 2.16. The van der Waals surface area contributed by atoms with Gasteiger partial charge in [-0.05, 0) is 30.3 Å². The quantitative estimate of drug-likeness (QED) is 0.662. The summed E-state index contributed by atoms with van der Waals surface area (Å²) in [5.41, 5.74) is 0.500. The van der Waals surface area contributed by atoms with E-state index in [4.69, 9.17) is 0 Å². The highest BCUT2D eigenvalue weighted by Crippen LogP contribution is 2.18. The van der Waals surface area contributed by atoms with Gasteiger partial charge in [0.05, 0.1) is 22.8 Å². The predicted molar refractivity (Wildman–Crippen MR) is 65.0 cm³/mol. The predicted octanol–water partition coefficient (Wildman–Crippen LogP) is 2.84. The molecule has 0 aliphatic heterocycles. The minimum Gasteiger partial charge on any atom is -0.288 e. The molecule has 5 heteroatoms. The lowest BCUT2D eigenvalue weighted by atomic mass is 10.0. The van der Waals surface area contributed by atoms with Gasteiger partial charge in [-0.1, -0.05) is 6.07 Å². The van der Waals surface area contributed by atoms with Crippen LogP contribution in [0, 0.1) is 11.6 Å². The number of nitrogens with zero attached hydrogens (tertiary/aromatic N) is 2.